The molecule has 4 rings (SSSR count). The number of aromatic amines is 1. The Labute approximate surface area is 167 Å². The minimum absolute atomic E-state index is 0.485. The number of para-hydroxylation sites is 1. The molecule has 2 heterocycles. The van der Waals surface area contributed by atoms with Gasteiger partial charge in [-0.3, -0.25) is 4.90 Å². The van der Waals surface area contributed by atoms with Crippen LogP contribution in [0.3, 0.4) is 0 Å². The van der Waals surface area contributed by atoms with Gasteiger partial charge >= 0.3 is 0 Å². The molecule has 2 aromatic carbocycles. The van der Waals surface area contributed by atoms with Crippen molar-refractivity contribution in [1.29, 1.82) is 0 Å². The first kappa shape index (κ1) is 19.0. The first-order valence-electron chi connectivity index (χ1n) is 10.3. The normalized spacial score (nSPS) is 17.1. The Kier molecular flexibility index (Phi) is 5.42. The van der Waals surface area contributed by atoms with E-state index in [0.29, 0.717) is 12.0 Å². The molecule has 0 saturated carbocycles. The number of benzene rings is 2. The SMILES string of the molecule is COc1ccccc1-c1[nH]c2ccc(C3CCN(C(C)CN)CC3)cc2c1C. The number of aromatic nitrogens is 1. The maximum absolute atomic E-state index is 5.84. The van der Waals surface area contributed by atoms with E-state index < -0.39 is 0 Å². The summed E-state index contributed by atoms with van der Waals surface area (Å²) in [4.78, 5) is 6.14. The summed E-state index contributed by atoms with van der Waals surface area (Å²) in [6.07, 6.45) is 2.41. The number of nitrogens with two attached hydrogens (primary N) is 1. The Morgan fingerprint density at radius 1 is 1.18 bits per heavy atom. The molecule has 4 nitrogen and oxygen atoms in total. The lowest BCUT2D eigenvalue weighted by atomic mass is 9.88. The van der Waals surface area contributed by atoms with Crippen molar-refractivity contribution in [1.82, 2.24) is 9.88 Å². The van der Waals surface area contributed by atoms with Crippen LogP contribution < -0.4 is 10.5 Å². The molecule has 28 heavy (non-hydrogen) atoms. The topological polar surface area (TPSA) is 54.3 Å². The van der Waals surface area contributed by atoms with E-state index in [2.05, 4.69) is 54.1 Å². The Morgan fingerprint density at radius 3 is 2.64 bits per heavy atom. The van der Waals surface area contributed by atoms with Gasteiger partial charge in [0.15, 0.2) is 0 Å². The molecule has 1 fully saturated rings. The van der Waals surface area contributed by atoms with Gasteiger partial charge in [-0.1, -0.05) is 18.2 Å². The molecule has 0 amide bonds. The lowest BCUT2D eigenvalue weighted by Gasteiger charge is -2.35. The van der Waals surface area contributed by atoms with Crippen LogP contribution in [-0.2, 0) is 0 Å². The van der Waals surface area contributed by atoms with Gasteiger partial charge in [-0.15, -0.1) is 0 Å². The van der Waals surface area contributed by atoms with E-state index in [-0.39, 0.29) is 0 Å². The number of piperidine rings is 1. The molecule has 3 aromatic rings. The first-order chi connectivity index (χ1) is 13.6. The Balaban J connectivity index is 1.63. The fourth-order valence-electron chi connectivity index (χ4n) is 4.54. The van der Waals surface area contributed by atoms with Crippen LogP contribution in [0.2, 0.25) is 0 Å². The molecule has 1 atom stereocenters. The number of hydrogen-bond acceptors (Lipinski definition) is 3. The number of likely N-dealkylation sites (tertiary alicyclic amines) is 1. The van der Waals surface area contributed by atoms with Crippen molar-refractivity contribution in [3.05, 3.63) is 53.6 Å². The van der Waals surface area contributed by atoms with Crippen LogP contribution in [0.25, 0.3) is 22.2 Å². The van der Waals surface area contributed by atoms with E-state index in [0.717, 1.165) is 36.6 Å². The van der Waals surface area contributed by atoms with Crippen LogP contribution in [-0.4, -0.2) is 42.7 Å². The van der Waals surface area contributed by atoms with Crippen molar-refractivity contribution in [3.63, 3.8) is 0 Å². The summed E-state index contributed by atoms with van der Waals surface area (Å²) >= 11 is 0. The van der Waals surface area contributed by atoms with Crippen LogP contribution in [0.15, 0.2) is 42.5 Å². The van der Waals surface area contributed by atoms with E-state index in [1.54, 1.807) is 7.11 Å². The largest absolute Gasteiger partial charge is 0.496 e. The van der Waals surface area contributed by atoms with Gasteiger partial charge < -0.3 is 15.5 Å². The first-order valence-corrected chi connectivity index (χ1v) is 10.3. The lowest BCUT2D eigenvalue weighted by Crippen LogP contribution is -2.43. The van der Waals surface area contributed by atoms with Crippen molar-refractivity contribution >= 4 is 10.9 Å². The summed E-state index contributed by atoms with van der Waals surface area (Å²) in [5, 5.41) is 1.32. The zero-order valence-corrected chi connectivity index (χ0v) is 17.2. The predicted octanol–water partition coefficient (Wildman–Crippen LogP) is 4.68. The number of H-pyrrole nitrogens is 1. The fourth-order valence-corrected chi connectivity index (χ4v) is 4.54. The third kappa shape index (κ3) is 3.43. The molecule has 148 valence electrons. The summed E-state index contributed by atoms with van der Waals surface area (Å²) in [7, 11) is 1.73. The van der Waals surface area contributed by atoms with Gasteiger partial charge in [0.25, 0.3) is 0 Å². The minimum atomic E-state index is 0.485. The smallest absolute Gasteiger partial charge is 0.128 e. The number of hydrogen-bond donors (Lipinski definition) is 2. The van der Waals surface area contributed by atoms with Crippen LogP contribution in [0, 0.1) is 6.92 Å². The Bertz CT molecular complexity index is 954. The van der Waals surface area contributed by atoms with Crippen molar-refractivity contribution < 1.29 is 4.74 Å². The summed E-state index contributed by atoms with van der Waals surface area (Å²) < 4.78 is 5.57. The highest BCUT2D eigenvalue weighted by molar-refractivity contribution is 5.92. The molecule has 4 heteroatoms. The van der Waals surface area contributed by atoms with E-state index in [9.17, 15) is 0 Å². The number of methoxy groups -OCH3 is 1. The molecule has 1 aliphatic rings. The molecule has 0 spiro atoms. The van der Waals surface area contributed by atoms with E-state index >= 15 is 0 Å². The van der Waals surface area contributed by atoms with Crippen LogP contribution >= 0.6 is 0 Å². The molecular weight excluding hydrogens is 346 g/mol. The van der Waals surface area contributed by atoms with Gasteiger partial charge in [0, 0.05) is 29.1 Å². The third-order valence-electron chi connectivity index (χ3n) is 6.42. The molecule has 1 aromatic heterocycles. The quantitative estimate of drug-likeness (QED) is 0.679. The van der Waals surface area contributed by atoms with Gasteiger partial charge in [-0.25, -0.2) is 0 Å². The van der Waals surface area contributed by atoms with Crippen LogP contribution in [0.5, 0.6) is 5.75 Å². The highest BCUT2D eigenvalue weighted by atomic mass is 16.5. The Morgan fingerprint density at radius 2 is 1.93 bits per heavy atom. The Hall–Kier alpha value is -2.30. The lowest BCUT2D eigenvalue weighted by molar-refractivity contribution is 0.165. The zero-order valence-electron chi connectivity index (χ0n) is 17.2. The number of nitrogens with one attached hydrogen (secondary N) is 1. The van der Waals surface area contributed by atoms with Gasteiger partial charge in [-0.05, 0) is 81.1 Å². The second-order valence-corrected chi connectivity index (χ2v) is 8.03. The maximum Gasteiger partial charge on any atom is 0.128 e. The summed E-state index contributed by atoms with van der Waals surface area (Å²) in [6.45, 7) is 7.45. The van der Waals surface area contributed by atoms with E-state index in [1.807, 2.05) is 12.1 Å². The molecule has 3 N–H and O–H groups in total. The van der Waals surface area contributed by atoms with Crippen molar-refractivity contribution in [3.8, 4) is 17.0 Å². The summed E-state index contributed by atoms with van der Waals surface area (Å²) in [5.74, 6) is 1.54. The van der Waals surface area contributed by atoms with Crippen molar-refractivity contribution in [2.24, 2.45) is 5.73 Å². The fraction of sp³-hybridized carbons (Fsp3) is 0.417. The average Bonchev–Trinajstić information content (AvgIpc) is 3.09. The highest BCUT2D eigenvalue weighted by Crippen LogP contribution is 2.37. The number of aryl methyl sites for hydroxylation is 1. The van der Waals surface area contributed by atoms with Gasteiger partial charge in [0.05, 0.1) is 12.8 Å². The van der Waals surface area contributed by atoms with Gasteiger partial charge in [0.2, 0.25) is 0 Å². The van der Waals surface area contributed by atoms with Crippen LogP contribution in [0.1, 0.15) is 36.8 Å². The molecular formula is C24H31N3O. The number of nitrogens with zero attached hydrogens (tertiary/aromatic N) is 1. The van der Waals surface area contributed by atoms with E-state index in [1.165, 1.54) is 34.9 Å². The number of fused-ring (bicyclic) bond motifs is 1. The molecule has 1 unspecified atom stereocenters. The van der Waals surface area contributed by atoms with E-state index in [4.69, 9.17) is 10.5 Å². The molecule has 1 saturated heterocycles. The second kappa shape index (κ2) is 7.98. The number of rotatable bonds is 5. The monoisotopic (exact) mass is 377 g/mol. The highest BCUT2D eigenvalue weighted by Gasteiger charge is 2.24. The average molecular weight is 378 g/mol. The number of ether oxygens (including phenoxy) is 1. The predicted molar refractivity (Wildman–Crippen MR) is 117 cm³/mol. The summed E-state index contributed by atoms with van der Waals surface area (Å²) in [5.41, 5.74) is 12.0. The van der Waals surface area contributed by atoms with Gasteiger partial charge in [0.1, 0.15) is 5.75 Å². The third-order valence-corrected chi connectivity index (χ3v) is 6.42. The minimum Gasteiger partial charge on any atom is -0.496 e. The second-order valence-electron chi connectivity index (χ2n) is 8.03. The standard InChI is InChI=1S/C24H31N3O/c1-16(15-25)27-12-10-18(11-13-27)19-8-9-22-21(14-19)17(2)24(26-22)20-6-4-5-7-23(20)28-3/h4-9,14,16,18,26H,10-13,15,25H2,1-3H3. The molecule has 1 aliphatic heterocycles. The molecule has 0 bridgehead atoms. The van der Waals surface area contributed by atoms with Gasteiger partial charge in [-0.2, -0.15) is 0 Å². The zero-order chi connectivity index (χ0) is 19.7. The maximum atomic E-state index is 5.84. The van der Waals surface area contributed by atoms with Crippen molar-refractivity contribution in [2.45, 2.75) is 38.6 Å². The molecule has 0 aliphatic carbocycles. The van der Waals surface area contributed by atoms with Crippen molar-refractivity contribution in [2.75, 3.05) is 26.7 Å². The summed E-state index contributed by atoms with van der Waals surface area (Å²) in [6, 6.07) is 15.6. The van der Waals surface area contributed by atoms with Crippen LogP contribution in [0.4, 0.5) is 0 Å². The molecule has 0 radical (unpaired) electrons.